The molecular weight excluding hydrogens is 264 g/mol. The van der Waals surface area contributed by atoms with Gasteiger partial charge >= 0.3 is 0 Å². The Balaban J connectivity index is 1.74. The van der Waals surface area contributed by atoms with Crippen molar-refractivity contribution in [2.45, 2.75) is 13.0 Å². The predicted molar refractivity (Wildman–Crippen MR) is 86.6 cm³/mol. The highest BCUT2D eigenvalue weighted by Gasteiger charge is 2.21. The molecule has 0 aliphatic carbocycles. The second-order valence-corrected chi connectivity index (χ2v) is 5.54. The Morgan fingerprint density at radius 1 is 1.19 bits per heavy atom. The summed E-state index contributed by atoms with van der Waals surface area (Å²) >= 11 is 0. The molecule has 0 saturated carbocycles. The van der Waals surface area contributed by atoms with Crippen molar-refractivity contribution in [2.75, 3.05) is 51.2 Å². The van der Waals surface area contributed by atoms with Gasteiger partial charge in [-0.25, -0.2) is 0 Å². The lowest BCUT2D eigenvalue weighted by molar-refractivity contribution is -0.120. The summed E-state index contributed by atoms with van der Waals surface area (Å²) in [6.45, 7) is 7.44. The van der Waals surface area contributed by atoms with Crippen LogP contribution in [0.1, 0.15) is 6.92 Å². The number of para-hydroxylation sites is 1. The fourth-order valence-corrected chi connectivity index (χ4v) is 2.67. The topological polar surface area (TPSA) is 47.6 Å². The molecule has 1 aliphatic heterocycles. The lowest BCUT2D eigenvalue weighted by atomic mass is 10.2. The lowest BCUT2D eigenvalue weighted by Gasteiger charge is -2.39. The molecule has 2 rings (SSSR count). The number of amides is 1. The smallest absolute Gasteiger partial charge is 0.234 e. The number of hydrogen-bond acceptors (Lipinski definition) is 4. The van der Waals surface area contributed by atoms with Crippen molar-refractivity contribution in [1.82, 2.24) is 15.5 Å². The van der Waals surface area contributed by atoms with Crippen LogP contribution >= 0.6 is 0 Å². The maximum absolute atomic E-state index is 11.5. The zero-order valence-electron chi connectivity index (χ0n) is 13.0. The van der Waals surface area contributed by atoms with Gasteiger partial charge in [0.25, 0.3) is 0 Å². The highest BCUT2D eigenvalue weighted by Crippen LogP contribution is 2.16. The van der Waals surface area contributed by atoms with Gasteiger partial charge in [-0.2, -0.15) is 0 Å². The monoisotopic (exact) mass is 290 g/mol. The molecule has 5 nitrogen and oxygen atoms in total. The van der Waals surface area contributed by atoms with Gasteiger partial charge in [0.2, 0.25) is 5.91 Å². The van der Waals surface area contributed by atoms with E-state index in [0.29, 0.717) is 19.1 Å². The van der Waals surface area contributed by atoms with Crippen molar-refractivity contribution in [1.29, 1.82) is 0 Å². The van der Waals surface area contributed by atoms with Gasteiger partial charge in [0.1, 0.15) is 0 Å². The Morgan fingerprint density at radius 2 is 1.86 bits per heavy atom. The van der Waals surface area contributed by atoms with Crippen LogP contribution in [0.15, 0.2) is 30.3 Å². The number of carbonyl (C=O) groups excluding carboxylic acids is 1. The van der Waals surface area contributed by atoms with Crippen LogP contribution in [0, 0.1) is 0 Å². The summed E-state index contributed by atoms with van der Waals surface area (Å²) in [5, 5.41) is 5.83. The Labute approximate surface area is 127 Å². The van der Waals surface area contributed by atoms with Crippen LogP contribution < -0.4 is 15.5 Å². The normalized spacial score (nSPS) is 17.5. The summed E-state index contributed by atoms with van der Waals surface area (Å²) in [5.74, 6) is 0.0623. The summed E-state index contributed by atoms with van der Waals surface area (Å²) in [5.41, 5.74) is 1.30. The SMILES string of the molecule is CNCC(=O)NCC(C)N1CCN(c2ccccc2)CC1. The van der Waals surface area contributed by atoms with E-state index in [4.69, 9.17) is 0 Å². The quantitative estimate of drug-likeness (QED) is 0.802. The Kier molecular flexibility index (Phi) is 6.02. The number of nitrogens with zero attached hydrogens (tertiary/aromatic N) is 2. The van der Waals surface area contributed by atoms with Crippen molar-refractivity contribution in [2.24, 2.45) is 0 Å². The molecule has 21 heavy (non-hydrogen) atoms. The summed E-state index contributed by atoms with van der Waals surface area (Å²) in [6.07, 6.45) is 0. The molecular formula is C16H26N4O. The van der Waals surface area contributed by atoms with Gasteiger partial charge in [0.05, 0.1) is 6.54 Å². The molecule has 1 aromatic carbocycles. The van der Waals surface area contributed by atoms with Crippen molar-refractivity contribution in [3.63, 3.8) is 0 Å². The van der Waals surface area contributed by atoms with E-state index in [9.17, 15) is 4.79 Å². The van der Waals surface area contributed by atoms with Gasteiger partial charge in [-0.05, 0) is 26.1 Å². The molecule has 1 atom stereocenters. The van der Waals surface area contributed by atoms with Gasteiger partial charge in [0.15, 0.2) is 0 Å². The molecule has 1 heterocycles. The van der Waals surface area contributed by atoms with Crippen LogP contribution in [0.4, 0.5) is 5.69 Å². The Bertz CT molecular complexity index is 429. The largest absolute Gasteiger partial charge is 0.369 e. The summed E-state index contributed by atoms with van der Waals surface area (Å²) in [7, 11) is 1.78. The first-order chi connectivity index (χ1) is 10.2. The van der Waals surface area contributed by atoms with Crippen LogP contribution in [-0.2, 0) is 4.79 Å². The Hall–Kier alpha value is -1.59. The fraction of sp³-hybridized carbons (Fsp3) is 0.562. The van der Waals surface area contributed by atoms with Crippen LogP contribution in [0.3, 0.4) is 0 Å². The van der Waals surface area contributed by atoms with E-state index in [1.807, 2.05) is 0 Å². The third kappa shape index (κ3) is 4.72. The average Bonchev–Trinajstić information content (AvgIpc) is 2.54. The first-order valence-corrected chi connectivity index (χ1v) is 7.66. The minimum Gasteiger partial charge on any atom is -0.369 e. The number of piperazine rings is 1. The number of rotatable bonds is 6. The lowest BCUT2D eigenvalue weighted by Crippen LogP contribution is -2.52. The van der Waals surface area contributed by atoms with Crippen molar-refractivity contribution < 1.29 is 4.79 Å². The third-order valence-corrected chi connectivity index (χ3v) is 3.99. The minimum atomic E-state index is 0.0623. The molecule has 1 saturated heterocycles. The maximum atomic E-state index is 11.5. The van der Waals surface area contributed by atoms with Crippen LogP contribution in [-0.4, -0.2) is 63.2 Å². The number of nitrogens with one attached hydrogen (secondary N) is 2. The maximum Gasteiger partial charge on any atom is 0.234 e. The second kappa shape index (κ2) is 8.00. The molecule has 0 spiro atoms. The van der Waals surface area contributed by atoms with E-state index in [2.05, 4.69) is 57.7 Å². The van der Waals surface area contributed by atoms with Gasteiger partial charge in [0, 0.05) is 44.5 Å². The number of hydrogen-bond donors (Lipinski definition) is 2. The van der Waals surface area contributed by atoms with Gasteiger partial charge in [-0.15, -0.1) is 0 Å². The molecule has 0 radical (unpaired) electrons. The van der Waals surface area contributed by atoms with Crippen LogP contribution in [0.5, 0.6) is 0 Å². The number of anilines is 1. The molecule has 116 valence electrons. The van der Waals surface area contributed by atoms with E-state index in [-0.39, 0.29) is 5.91 Å². The van der Waals surface area contributed by atoms with Crippen molar-refractivity contribution in [3.8, 4) is 0 Å². The highest BCUT2D eigenvalue weighted by molar-refractivity contribution is 5.77. The molecule has 1 fully saturated rings. The number of likely N-dealkylation sites (N-methyl/N-ethyl adjacent to an activating group) is 1. The predicted octanol–water partition coefficient (Wildman–Crippen LogP) is 0.533. The molecule has 5 heteroatoms. The Morgan fingerprint density at radius 3 is 2.48 bits per heavy atom. The molecule has 1 amide bonds. The molecule has 1 aromatic rings. The summed E-state index contributed by atoms with van der Waals surface area (Å²) in [6, 6.07) is 10.9. The van der Waals surface area contributed by atoms with Gasteiger partial charge in [-0.3, -0.25) is 9.69 Å². The van der Waals surface area contributed by atoms with Gasteiger partial charge < -0.3 is 15.5 Å². The van der Waals surface area contributed by atoms with E-state index in [1.165, 1.54) is 5.69 Å². The summed E-state index contributed by atoms with van der Waals surface area (Å²) in [4.78, 5) is 16.3. The first-order valence-electron chi connectivity index (χ1n) is 7.66. The fourth-order valence-electron chi connectivity index (χ4n) is 2.67. The average molecular weight is 290 g/mol. The first kappa shape index (κ1) is 15.8. The second-order valence-electron chi connectivity index (χ2n) is 5.54. The molecule has 0 bridgehead atoms. The van der Waals surface area contributed by atoms with E-state index < -0.39 is 0 Å². The van der Waals surface area contributed by atoms with E-state index in [0.717, 1.165) is 26.2 Å². The van der Waals surface area contributed by atoms with E-state index in [1.54, 1.807) is 7.05 Å². The summed E-state index contributed by atoms with van der Waals surface area (Å²) < 4.78 is 0. The number of carbonyl (C=O) groups is 1. The minimum absolute atomic E-state index is 0.0623. The van der Waals surface area contributed by atoms with Crippen LogP contribution in [0.2, 0.25) is 0 Å². The van der Waals surface area contributed by atoms with Gasteiger partial charge in [-0.1, -0.05) is 18.2 Å². The van der Waals surface area contributed by atoms with Crippen molar-refractivity contribution >= 4 is 11.6 Å². The molecule has 2 N–H and O–H groups in total. The standard InChI is InChI=1S/C16H26N4O/c1-14(12-18-16(21)13-17-2)19-8-10-20(11-9-19)15-6-4-3-5-7-15/h3-7,14,17H,8-13H2,1-2H3,(H,18,21). The third-order valence-electron chi connectivity index (χ3n) is 3.99. The molecule has 1 aliphatic rings. The zero-order valence-corrected chi connectivity index (χ0v) is 13.0. The zero-order chi connectivity index (χ0) is 15.1. The molecule has 0 aromatic heterocycles. The van der Waals surface area contributed by atoms with Crippen LogP contribution in [0.25, 0.3) is 0 Å². The van der Waals surface area contributed by atoms with Crippen molar-refractivity contribution in [3.05, 3.63) is 30.3 Å². The molecule has 1 unspecified atom stereocenters. The number of benzene rings is 1. The highest BCUT2D eigenvalue weighted by atomic mass is 16.1. The van der Waals surface area contributed by atoms with E-state index >= 15 is 0 Å².